The van der Waals surface area contributed by atoms with Gasteiger partial charge < -0.3 is 15.5 Å². The first-order chi connectivity index (χ1) is 11.1. The Morgan fingerprint density at radius 2 is 2.35 bits per heavy atom. The molecule has 3 N–H and O–H groups in total. The van der Waals surface area contributed by atoms with E-state index in [2.05, 4.69) is 11.4 Å². The fraction of sp³-hybridized carbons (Fsp3) is 0.312. The maximum Gasteiger partial charge on any atom is 0.227 e. The van der Waals surface area contributed by atoms with Gasteiger partial charge >= 0.3 is 0 Å². The van der Waals surface area contributed by atoms with Gasteiger partial charge in [-0.2, -0.15) is 5.26 Å². The summed E-state index contributed by atoms with van der Waals surface area (Å²) in [5.74, 6) is -0.325. The number of carbonyl (C=O) groups excluding carboxylic acids is 2. The van der Waals surface area contributed by atoms with Crippen molar-refractivity contribution in [3.63, 3.8) is 0 Å². The summed E-state index contributed by atoms with van der Waals surface area (Å²) >= 11 is 1.18. The molecule has 1 atom stereocenters. The third-order valence-corrected chi connectivity index (χ3v) is 4.89. The van der Waals surface area contributed by atoms with Crippen molar-refractivity contribution in [3.8, 4) is 6.07 Å². The summed E-state index contributed by atoms with van der Waals surface area (Å²) in [7, 11) is 0. The molecule has 2 heterocycles. The molecule has 2 aliphatic rings. The van der Waals surface area contributed by atoms with E-state index in [9.17, 15) is 14.9 Å². The molecule has 23 heavy (non-hydrogen) atoms. The van der Waals surface area contributed by atoms with E-state index in [4.69, 9.17) is 10.2 Å². The van der Waals surface area contributed by atoms with Gasteiger partial charge in [-0.05, 0) is 25.0 Å². The molecule has 1 amide bonds. The van der Waals surface area contributed by atoms with Gasteiger partial charge in [0.2, 0.25) is 5.91 Å². The Bertz CT molecular complexity index is 756. The first-order valence-corrected chi connectivity index (χ1v) is 8.22. The third kappa shape index (κ3) is 2.90. The number of amides is 1. The third-order valence-electron chi connectivity index (χ3n) is 3.85. The van der Waals surface area contributed by atoms with E-state index in [0.29, 0.717) is 28.4 Å². The lowest BCUT2D eigenvalue weighted by Crippen LogP contribution is -2.31. The molecule has 118 valence electrons. The molecule has 0 spiro atoms. The van der Waals surface area contributed by atoms with E-state index >= 15 is 0 Å². The van der Waals surface area contributed by atoms with Crippen molar-refractivity contribution in [2.45, 2.75) is 25.2 Å². The maximum atomic E-state index is 12.4. The highest BCUT2D eigenvalue weighted by Crippen LogP contribution is 2.43. The molecule has 0 unspecified atom stereocenters. The van der Waals surface area contributed by atoms with Gasteiger partial charge in [-0.3, -0.25) is 9.59 Å². The number of carbonyl (C=O) groups is 2. The number of rotatable bonds is 4. The number of Topliss-reactive ketones (excluding diaryl/α,β-unsaturated/α-hetero) is 1. The largest absolute Gasteiger partial charge is 0.468 e. The van der Waals surface area contributed by atoms with Crippen LogP contribution in [-0.2, 0) is 9.59 Å². The van der Waals surface area contributed by atoms with Crippen LogP contribution in [0.15, 0.2) is 44.7 Å². The molecule has 1 aliphatic carbocycles. The molecule has 7 heteroatoms. The summed E-state index contributed by atoms with van der Waals surface area (Å²) in [6.45, 7) is 0. The van der Waals surface area contributed by atoms with Crippen molar-refractivity contribution in [1.29, 1.82) is 5.26 Å². The number of hydrogen-bond donors (Lipinski definition) is 2. The summed E-state index contributed by atoms with van der Waals surface area (Å²) in [4.78, 5) is 23.5. The normalized spacial score (nSPS) is 20.8. The molecule has 0 aromatic carbocycles. The SMILES string of the molecule is N#CC1=C(SCC(N)=O)NC2=C(C(=O)CCC2)[C@H]1c1ccco1. The lowest BCUT2D eigenvalue weighted by Gasteiger charge is -2.32. The van der Waals surface area contributed by atoms with E-state index in [0.717, 1.165) is 18.5 Å². The summed E-state index contributed by atoms with van der Waals surface area (Å²) in [5, 5.41) is 13.4. The highest BCUT2D eigenvalue weighted by molar-refractivity contribution is 8.03. The topological polar surface area (TPSA) is 109 Å². The molecule has 0 saturated heterocycles. The molecular formula is C16H15N3O3S. The number of nitrogens with two attached hydrogens (primary N) is 1. The van der Waals surface area contributed by atoms with Gasteiger partial charge in [0.15, 0.2) is 5.78 Å². The highest BCUT2D eigenvalue weighted by atomic mass is 32.2. The molecule has 0 saturated carbocycles. The van der Waals surface area contributed by atoms with Gasteiger partial charge in [0.25, 0.3) is 0 Å². The van der Waals surface area contributed by atoms with Crippen molar-refractivity contribution in [2.75, 3.05) is 5.75 Å². The van der Waals surface area contributed by atoms with Crippen LogP contribution in [-0.4, -0.2) is 17.4 Å². The highest BCUT2D eigenvalue weighted by Gasteiger charge is 2.38. The van der Waals surface area contributed by atoms with Crippen molar-refractivity contribution in [2.24, 2.45) is 5.73 Å². The standard InChI is InChI=1S/C16H15N3O3S/c17-7-9-14(12-5-2-6-22-12)15-10(3-1-4-11(15)20)19-16(9)23-8-13(18)21/h2,5-6,14,19H,1,3-4,8H2,(H2,18,21)/t14-/m1/s1. The zero-order valence-electron chi connectivity index (χ0n) is 12.3. The Hall–Kier alpha value is -2.46. The number of primary amides is 1. The fourth-order valence-electron chi connectivity index (χ4n) is 2.92. The molecule has 0 bridgehead atoms. The number of nitrogens with zero attached hydrogens (tertiary/aromatic N) is 1. The van der Waals surface area contributed by atoms with E-state index in [1.165, 1.54) is 18.0 Å². The lowest BCUT2D eigenvalue weighted by molar-refractivity contribution is -0.116. The maximum absolute atomic E-state index is 12.4. The quantitative estimate of drug-likeness (QED) is 0.873. The Labute approximate surface area is 137 Å². The van der Waals surface area contributed by atoms with E-state index in [1.807, 2.05) is 0 Å². The minimum Gasteiger partial charge on any atom is -0.468 e. The second-order valence-corrected chi connectivity index (χ2v) is 6.34. The van der Waals surface area contributed by atoms with Crippen LogP contribution in [0.5, 0.6) is 0 Å². The van der Waals surface area contributed by atoms with Crippen LogP contribution in [0, 0.1) is 11.3 Å². The van der Waals surface area contributed by atoms with Crippen molar-refractivity contribution >= 4 is 23.5 Å². The van der Waals surface area contributed by atoms with Crippen LogP contribution in [0.3, 0.4) is 0 Å². The van der Waals surface area contributed by atoms with Crippen LogP contribution in [0.2, 0.25) is 0 Å². The van der Waals surface area contributed by atoms with Crippen molar-refractivity contribution in [1.82, 2.24) is 5.32 Å². The number of thioether (sulfide) groups is 1. The van der Waals surface area contributed by atoms with Crippen LogP contribution in [0.4, 0.5) is 0 Å². The molecule has 0 fully saturated rings. The number of nitriles is 1. The van der Waals surface area contributed by atoms with Crippen LogP contribution in [0.1, 0.15) is 30.9 Å². The van der Waals surface area contributed by atoms with Gasteiger partial charge in [0.05, 0.1) is 34.6 Å². The zero-order chi connectivity index (χ0) is 16.4. The second-order valence-electron chi connectivity index (χ2n) is 5.35. The summed E-state index contributed by atoms with van der Waals surface area (Å²) in [6.07, 6.45) is 3.50. The number of nitrogens with one attached hydrogen (secondary N) is 1. The minimum atomic E-state index is -0.519. The lowest BCUT2D eigenvalue weighted by atomic mass is 9.79. The smallest absolute Gasteiger partial charge is 0.227 e. The van der Waals surface area contributed by atoms with Gasteiger partial charge in [-0.1, -0.05) is 11.8 Å². The van der Waals surface area contributed by atoms with Crippen LogP contribution in [0.25, 0.3) is 0 Å². The number of ketones is 1. The zero-order valence-corrected chi connectivity index (χ0v) is 13.1. The summed E-state index contributed by atoms with van der Waals surface area (Å²) in [5.41, 5.74) is 7.01. The number of allylic oxidation sites excluding steroid dienone is 3. The predicted molar refractivity (Wildman–Crippen MR) is 84.8 cm³/mol. The van der Waals surface area contributed by atoms with Gasteiger partial charge in [0, 0.05) is 17.7 Å². The van der Waals surface area contributed by atoms with Gasteiger partial charge in [-0.25, -0.2) is 0 Å². The molecular weight excluding hydrogens is 314 g/mol. The predicted octanol–water partition coefficient (Wildman–Crippen LogP) is 1.93. The Morgan fingerprint density at radius 3 is 3.00 bits per heavy atom. The number of hydrogen-bond acceptors (Lipinski definition) is 6. The summed E-state index contributed by atoms with van der Waals surface area (Å²) < 4.78 is 5.48. The van der Waals surface area contributed by atoms with Crippen LogP contribution < -0.4 is 11.1 Å². The number of dihydropyridines is 1. The number of furan rings is 1. The van der Waals surface area contributed by atoms with Crippen molar-refractivity contribution in [3.05, 3.63) is 46.0 Å². The molecule has 6 nitrogen and oxygen atoms in total. The van der Waals surface area contributed by atoms with E-state index in [-0.39, 0.29) is 11.5 Å². The summed E-state index contributed by atoms with van der Waals surface area (Å²) in [6, 6.07) is 5.66. The molecule has 1 aromatic heterocycles. The Morgan fingerprint density at radius 1 is 1.52 bits per heavy atom. The fourth-order valence-corrected chi connectivity index (χ4v) is 3.72. The van der Waals surface area contributed by atoms with Crippen molar-refractivity contribution < 1.29 is 14.0 Å². The molecule has 3 rings (SSSR count). The average molecular weight is 329 g/mol. The van der Waals surface area contributed by atoms with Gasteiger partial charge in [0.1, 0.15) is 5.76 Å². The minimum absolute atomic E-state index is 0.0341. The van der Waals surface area contributed by atoms with E-state index < -0.39 is 11.8 Å². The molecule has 0 radical (unpaired) electrons. The monoisotopic (exact) mass is 329 g/mol. The van der Waals surface area contributed by atoms with Crippen LogP contribution >= 0.6 is 11.8 Å². The first-order valence-electron chi connectivity index (χ1n) is 7.24. The van der Waals surface area contributed by atoms with Gasteiger partial charge in [-0.15, -0.1) is 0 Å². The first kappa shape index (κ1) is 15.4. The second kappa shape index (κ2) is 6.34. The molecule has 1 aliphatic heterocycles. The van der Waals surface area contributed by atoms with E-state index in [1.54, 1.807) is 12.1 Å². The Kier molecular flexibility index (Phi) is 4.26. The Balaban J connectivity index is 2.08. The average Bonchev–Trinajstić information content (AvgIpc) is 3.05. The molecule has 1 aromatic rings.